The Morgan fingerprint density at radius 3 is 2.21 bits per heavy atom. The Kier molecular flexibility index (Phi) is 7.22. The maximum atomic E-state index is 12.8. The van der Waals surface area contributed by atoms with E-state index in [0.29, 0.717) is 32.5 Å². The molecule has 1 N–H and O–H groups in total. The molecular formula is C20H31N3O4S. The Morgan fingerprint density at radius 2 is 1.71 bits per heavy atom. The van der Waals surface area contributed by atoms with Crippen molar-refractivity contribution in [3.63, 3.8) is 0 Å². The molecule has 0 bridgehead atoms. The molecule has 156 valence electrons. The zero-order valence-electron chi connectivity index (χ0n) is 17.1. The van der Waals surface area contributed by atoms with Crippen LogP contribution in [-0.2, 0) is 19.6 Å². The number of likely N-dealkylation sites (N-methyl/N-ethyl adjacent to an activating group) is 1. The largest absolute Gasteiger partial charge is 0.350 e. The number of sulfonamides is 1. The van der Waals surface area contributed by atoms with E-state index in [9.17, 15) is 18.0 Å². The Labute approximate surface area is 168 Å². The second kappa shape index (κ2) is 9.05. The van der Waals surface area contributed by atoms with Crippen molar-refractivity contribution in [2.45, 2.75) is 51.0 Å². The molecule has 0 unspecified atom stereocenters. The van der Waals surface area contributed by atoms with Crippen molar-refractivity contribution in [3.8, 4) is 0 Å². The fraction of sp³-hybridized carbons (Fsp3) is 0.600. The van der Waals surface area contributed by atoms with Gasteiger partial charge in [0.05, 0.1) is 11.4 Å². The Morgan fingerprint density at radius 1 is 1.14 bits per heavy atom. The Balaban J connectivity index is 1.96. The number of nitrogens with one attached hydrogen (secondary N) is 1. The second-order valence-electron chi connectivity index (χ2n) is 8.14. The standard InChI is InChI=1S/C20H31N3O4S/c1-5-22(15-18(24)21-20(2,3)4)19(25)16-11-13-23(14-12-16)28(26,27)17-9-7-6-8-10-17/h6-10,16H,5,11-15H2,1-4H3,(H,21,24). The summed E-state index contributed by atoms with van der Waals surface area (Å²) in [6.07, 6.45) is 0.921. The summed E-state index contributed by atoms with van der Waals surface area (Å²) in [5.41, 5.74) is -0.351. The van der Waals surface area contributed by atoms with E-state index < -0.39 is 10.0 Å². The van der Waals surface area contributed by atoms with Crippen LogP contribution in [0, 0.1) is 5.92 Å². The van der Waals surface area contributed by atoms with Gasteiger partial charge in [-0.3, -0.25) is 9.59 Å². The Bertz CT molecular complexity index is 779. The summed E-state index contributed by atoms with van der Waals surface area (Å²) in [4.78, 5) is 26.8. The van der Waals surface area contributed by atoms with Gasteiger partial charge in [0.25, 0.3) is 0 Å². The number of benzene rings is 1. The van der Waals surface area contributed by atoms with E-state index in [1.807, 2.05) is 27.7 Å². The number of carbonyl (C=O) groups excluding carboxylic acids is 2. The monoisotopic (exact) mass is 409 g/mol. The number of amides is 2. The fourth-order valence-electron chi connectivity index (χ4n) is 3.32. The van der Waals surface area contributed by atoms with Gasteiger partial charge in [-0.05, 0) is 52.7 Å². The highest BCUT2D eigenvalue weighted by atomic mass is 32.2. The molecule has 28 heavy (non-hydrogen) atoms. The topological polar surface area (TPSA) is 86.8 Å². The van der Waals surface area contributed by atoms with Crippen molar-refractivity contribution in [1.29, 1.82) is 0 Å². The highest BCUT2D eigenvalue weighted by molar-refractivity contribution is 7.89. The maximum absolute atomic E-state index is 12.8. The van der Waals surface area contributed by atoms with E-state index in [2.05, 4.69) is 5.32 Å². The lowest BCUT2D eigenvalue weighted by Gasteiger charge is -2.33. The number of piperidine rings is 1. The van der Waals surface area contributed by atoms with Crippen LogP contribution in [0.3, 0.4) is 0 Å². The first kappa shape index (κ1) is 22.4. The second-order valence-corrected chi connectivity index (χ2v) is 10.1. The number of hydrogen-bond acceptors (Lipinski definition) is 4. The van der Waals surface area contributed by atoms with Crippen LogP contribution < -0.4 is 5.32 Å². The lowest BCUT2D eigenvalue weighted by molar-refractivity contribution is -0.140. The summed E-state index contributed by atoms with van der Waals surface area (Å²) >= 11 is 0. The van der Waals surface area contributed by atoms with Gasteiger partial charge in [0.1, 0.15) is 0 Å². The third-order valence-electron chi connectivity index (χ3n) is 4.73. The molecular weight excluding hydrogens is 378 g/mol. The summed E-state index contributed by atoms with van der Waals surface area (Å²) in [6.45, 7) is 8.60. The Hall–Kier alpha value is -1.93. The van der Waals surface area contributed by atoms with Gasteiger partial charge >= 0.3 is 0 Å². The van der Waals surface area contributed by atoms with Crippen molar-refractivity contribution in [3.05, 3.63) is 30.3 Å². The highest BCUT2D eigenvalue weighted by Crippen LogP contribution is 2.25. The minimum atomic E-state index is -3.53. The summed E-state index contributed by atoms with van der Waals surface area (Å²) in [5, 5.41) is 2.87. The van der Waals surface area contributed by atoms with Gasteiger partial charge in [0, 0.05) is 31.1 Å². The van der Waals surface area contributed by atoms with Gasteiger partial charge in [-0.25, -0.2) is 8.42 Å². The van der Waals surface area contributed by atoms with Crippen molar-refractivity contribution < 1.29 is 18.0 Å². The number of hydrogen-bond donors (Lipinski definition) is 1. The molecule has 0 radical (unpaired) electrons. The maximum Gasteiger partial charge on any atom is 0.243 e. The lowest BCUT2D eigenvalue weighted by atomic mass is 9.96. The number of carbonyl (C=O) groups is 2. The molecule has 1 aliphatic rings. The number of nitrogens with zero attached hydrogens (tertiary/aromatic N) is 2. The van der Waals surface area contributed by atoms with Crippen LogP contribution in [-0.4, -0.2) is 61.2 Å². The molecule has 0 atom stereocenters. The first-order valence-electron chi connectivity index (χ1n) is 9.69. The minimum Gasteiger partial charge on any atom is -0.350 e. The van der Waals surface area contributed by atoms with E-state index in [0.717, 1.165) is 0 Å². The van der Waals surface area contributed by atoms with Crippen molar-refractivity contribution in [2.75, 3.05) is 26.2 Å². The first-order valence-corrected chi connectivity index (χ1v) is 11.1. The molecule has 1 aromatic rings. The van der Waals surface area contributed by atoms with Crippen LogP contribution in [0.25, 0.3) is 0 Å². The predicted molar refractivity (Wildman–Crippen MR) is 108 cm³/mol. The molecule has 0 spiro atoms. The third-order valence-corrected chi connectivity index (χ3v) is 6.64. The van der Waals surface area contributed by atoms with Gasteiger partial charge in [-0.1, -0.05) is 18.2 Å². The molecule has 2 amide bonds. The highest BCUT2D eigenvalue weighted by Gasteiger charge is 2.34. The summed E-state index contributed by atoms with van der Waals surface area (Å²) < 4.78 is 26.9. The third kappa shape index (κ3) is 5.78. The van der Waals surface area contributed by atoms with Gasteiger partial charge in [-0.15, -0.1) is 0 Å². The zero-order valence-corrected chi connectivity index (χ0v) is 18.0. The van der Waals surface area contributed by atoms with Crippen LogP contribution in [0.5, 0.6) is 0 Å². The molecule has 0 saturated carbocycles. The van der Waals surface area contributed by atoms with Crippen LogP contribution in [0.4, 0.5) is 0 Å². The van der Waals surface area contributed by atoms with Gasteiger partial charge in [0.15, 0.2) is 0 Å². The van der Waals surface area contributed by atoms with Crippen LogP contribution in [0.2, 0.25) is 0 Å². The fourth-order valence-corrected chi connectivity index (χ4v) is 4.81. The van der Waals surface area contributed by atoms with E-state index in [1.165, 1.54) is 4.31 Å². The van der Waals surface area contributed by atoms with E-state index >= 15 is 0 Å². The van der Waals surface area contributed by atoms with Gasteiger partial charge in [0.2, 0.25) is 21.8 Å². The molecule has 1 heterocycles. The first-order chi connectivity index (χ1) is 13.0. The lowest BCUT2D eigenvalue weighted by Crippen LogP contribution is -2.49. The van der Waals surface area contributed by atoms with Gasteiger partial charge in [-0.2, -0.15) is 4.31 Å². The predicted octanol–water partition coefficient (Wildman–Crippen LogP) is 1.85. The van der Waals surface area contributed by atoms with Crippen molar-refractivity contribution in [2.24, 2.45) is 5.92 Å². The van der Waals surface area contributed by atoms with Crippen LogP contribution >= 0.6 is 0 Å². The minimum absolute atomic E-state index is 0.0229. The van der Waals surface area contributed by atoms with Crippen LogP contribution in [0.1, 0.15) is 40.5 Å². The van der Waals surface area contributed by atoms with Crippen molar-refractivity contribution in [1.82, 2.24) is 14.5 Å². The molecule has 1 aromatic carbocycles. The molecule has 1 saturated heterocycles. The molecule has 0 aliphatic carbocycles. The molecule has 7 nitrogen and oxygen atoms in total. The van der Waals surface area contributed by atoms with E-state index in [4.69, 9.17) is 0 Å². The van der Waals surface area contributed by atoms with Gasteiger partial charge < -0.3 is 10.2 Å². The van der Waals surface area contributed by atoms with Crippen LogP contribution in [0.15, 0.2) is 35.2 Å². The molecule has 1 fully saturated rings. The summed E-state index contributed by atoms with van der Waals surface area (Å²) in [6, 6.07) is 8.34. The summed E-state index contributed by atoms with van der Waals surface area (Å²) in [5.74, 6) is -0.528. The van der Waals surface area contributed by atoms with E-state index in [1.54, 1.807) is 35.2 Å². The molecule has 2 rings (SSSR count). The number of rotatable bonds is 6. The normalized spacial score (nSPS) is 16.6. The zero-order chi connectivity index (χ0) is 20.9. The quantitative estimate of drug-likeness (QED) is 0.777. The SMILES string of the molecule is CCN(CC(=O)NC(C)(C)C)C(=O)C1CCN(S(=O)(=O)c2ccccc2)CC1. The summed E-state index contributed by atoms with van der Waals surface area (Å²) in [7, 11) is -3.53. The average molecular weight is 410 g/mol. The van der Waals surface area contributed by atoms with Crippen molar-refractivity contribution >= 4 is 21.8 Å². The van der Waals surface area contributed by atoms with E-state index in [-0.39, 0.29) is 34.7 Å². The smallest absolute Gasteiger partial charge is 0.243 e. The molecule has 8 heteroatoms. The molecule has 0 aromatic heterocycles. The average Bonchev–Trinajstić information content (AvgIpc) is 2.65. The molecule has 1 aliphatic heterocycles.